The summed E-state index contributed by atoms with van der Waals surface area (Å²) >= 11 is 0. The van der Waals surface area contributed by atoms with Gasteiger partial charge in [-0.2, -0.15) is 0 Å². The number of furan rings is 1. The lowest BCUT2D eigenvalue weighted by molar-refractivity contribution is 0.662. The van der Waals surface area contributed by atoms with Gasteiger partial charge in [0.2, 0.25) is 0 Å². The first kappa shape index (κ1) is 33.1. The van der Waals surface area contributed by atoms with E-state index in [1.807, 2.05) is 24.8 Å². The Morgan fingerprint density at radius 3 is 1.63 bits per heavy atom. The Morgan fingerprint density at radius 2 is 0.917 bits per heavy atom. The molecule has 0 fully saturated rings. The second-order valence-electron chi connectivity index (χ2n) is 15.8. The van der Waals surface area contributed by atoms with Crippen LogP contribution in [0.2, 0.25) is 0 Å². The molecule has 6 heteroatoms. The van der Waals surface area contributed by atoms with Crippen LogP contribution < -0.4 is 0 Å². The summed E-state index contributed by atoms with van der Waals surface area (Å²) in [5, 5.41) is 9.44. The van der Waals surface area contributed by atoms with Crippen molar-refractivity contribution in [2.75, 3.05) is 0 Å². The maximum Gasteiger partial charge on any atom is 0.138 e. The highest BCUT2D eigenvalue weighted by Gasteiger charge is 2.19. The minimum Gasteiger partial charge on any atom is -0.456 e. The topological polar surface area (TPSA) is 53.7 Å². The molecule has 6 heterocycles. The van der Waals surface area contributed by atoms with Gasteiger partial charge in [-0.3, -0.25) is 9.97 Å². The molecule has 0 unspecified atom stereocenters. The van der Waals surface area contributed by atoms with Gasteiger partial charge in [0.05, 0.1) is 33.1 Å². The van der Waals surface area contributed by atoms with Crippen molar-refractivity contribution in [2.45, 2.75) is 12.8 Å². The van der Waals surface area contributed by atoms with Gasteiger partial charge in [0.25, 0.3) is 0 Å². The first-order valence-electron chi connectivity index (χ1n) is 20.5. The zero-order valence-corrected chi connectivity index (χ0v) is 32.5. The first-order valence-corrected chi connectivity index (χ1v) is 20.5. The summed E-state index contributed by atoms with van der Waals surface area (Å²) in [5.41, 5.74) is 14.8. The van der Waals surface area contributed by atoms with Crippen molar-refractivity contribution >= 4 is 87.4 Å². The molecule has 0 radical (unpaired) electrons. The van der Waals surface area contributed by atoms with E-state index in [2.05, 4.69) is 187 Å². The monoisotopic (exact) mass is 769 g/mol. The zero-order chi connectivity index (χ0) is 39.3. The number of aromatic nitrogens is 5. The molecule has 13 aromatic rings. The molecule has 0 saturated carbocycles. The third-order valence-corrected chi connectivity index (χ3v) is 12.5. The zero-order valence-electron chi connectivity index (χ0n) is 32.5. The van der Waals surface area contributed by atoms with E-state index in [1.165, 1.54) is 60.4 Å². The predicted octanol–water partition coefficient (Wildman–Crippen LogP) is 13.5. The van der Waals surface area contributed by atoms with Gasteiger partial charge in [0.15, 0.2) is 0 Å². The molecule has 0 N–H and O–H groups in total. The van der Waals surface area contributed by atoms with E-state index in [1.54, 1.807) is 0 Å². The highest BCUT2D eigenvalue weighted by atomic mass is 16.3. The smallest absolute Gasteiger partial charge is 0.138 e. The highest BCUT2D eigenvalue weighted by molar-refractivity contribution is 6.13. The van der Waals surface area contributed by atoms with Crippen LogP contribution in [0.5, 0.6) is 0 Å². The van der Waals surface area contributed by atoms with Gasteiger partial charge >= 0.3 is 0 Å². The summed E-state index contributed by atoms with van der Waals surface area (Å²) in [6.07, 6.45) is 9.32. The minimum atomic E-state index is 0.864. The fraction of sp³-hybridized carbons (Fsp3) is 0.0370. The van der Waals surface area contributed by atoms with Gasteiger partial charge in [-0.1, -0.05) is 78.9 Å². The Morgan fingerprint density at radius 1 is 0.367 bits per heavy atom. The van der Waals surface area contributed by atoms with Gasteiger partial charge in [0, 0.05) is 84.9 Å². The van der Waals surface area contributed by atoms with Crippen molar-refractivity contribution in [3.63, 3.8) is 0 Å². The summed E-state index contributed by atoms with van der Waals surface area (Å²) < 4.78 is 13.8. The van der Waals surface area contributed by atoms with E-state index < -0.39 is 0 Å². The number of fused-ring (bicyclic) bond motifs is 12. The molecule has 0 aliphatic carbocycles. The molecular formula is C54H35N5O. The van der Waals surface area contributed by atoms with Crippen LogP contribution in [0.25, 0.3) is 104 Å². The van der Waals surface area contributed by atoms with Crippen molar-refractivity contribution < 1.29 is 4.42 Å². The molecule has 0 spiro atoms. The van der Waals surface area contributed by atoms with Gasteiger partial charge in [0.1, 0.15) is 11.2 Å². The molecule has 0 amide bonds. The lowest BCUT2D eigenvalue weighted by Gasteiger charge is -2.10. The fourth-order valence-electron chi connectivity index (χ4n) is 9.86. The Bertz CT molecular complexity index is 3790. The molecule has 0 bridgehead atoms. The number of para-hydroxylation sites is 4. The molecule has 0 aliphatic rings. The maximum absolute atomic E-state index is 6.65. The van der Waals surface area contributed by atoms with Crippen LogP contribution in [0.15, 0.2) is 193 Å². The average Bonchev–Trinajstić information content (AvgIpc) is 4.05. The number of hydrogen-bond donors (Lipinski definition) is 0. The van der Waals surface area contributed by atoms with E-state index in [0.717, 1.165) is 68.0 Å². The Labute approximate surface area is 343 Å². The average molecular weight is 770 g/mol. The molecule has 6 aromatic heterocycles. The Hall–Kier alpha value is -7.96. The van der Waals surface area contributed by atoms with Crippen LogP contribution in [0.4, 0.5) is 0 Å². The van der Waals surface area contributed by atoms with Crippen molar-refractivity contribution in [3.8, 4) is 17.1 Å². The lowest BCUT2D eigenvalue weighted by Crippen LogP contribution is -1.96. The van der Waals surface area contributed by atoms with Crippen molar-refractivity contribution in [1.82, 2.24) is 23.7 Å². The highest BCUT2D eigenvalue weighted by Crippen LogP contribution is 2.39. The van der Waals surface area contributed by atoms with Crippen LogP contribution >= 0.6 is 0 Å². The second kappa shape index (κ2) is 12.8. The van der Waals surface area contributed by atoms with Gasteiger partial charge in [-0.15, -0.1) is 0 Å². The predicted molar refractivity (Wildman–Crippen MR) is 246 cm³/mol. The molecular weight excluding hydrogens is 735 g/mol. The standard InChI is InChI=1S/C54H35N5O/c1-2-10-36(11-3-1)57-47-15-6-5-13-40(47)43-30-37(20-23-50(43)57)58-48-16-7-4-12-39(48)42-29-34(18-22-49(42)58)17-19-35-9-8-14-41-44-31-38(21-24-53(44)60-54(35)41)59-51-25-27-55-32-45(51)46-33-56-28-26-52(46)59/h1-16,18,20-33H,17,19H2. The summed E-state index contributed by atoms with van der Waals surface area (Å²) in [4.78, 5) is 8.82. The fourth-order valence-corrected chi connectivity index (χ4v) is 9.86. The van der Waals surface area contributed by atoms with Crippen LogP contribution in [0, 0.1) is 0 Å². The molecule has 0 saturated heterocycles. The lowest BCUT2D eigenvalue weighted by atomic mass is 10.0. The number of hydrogen-bond acceptors (Lipinski definition) is 3. The largest absolute Gasteiger partial charge is 0.456 e. The van der Waals surface area contributed by atoms with E-state index in [-0.39, 0.29) is 0 Å². The first-order chi connectivity index (χ1) is 29.8. The summed E-state index contributed by atoms with van der Waals surface area (Å²) in [7, 11) is 0. The second-order valence-corrected chi connectivity index (χ2v) is 15.8. The Balaban J connectivity index is 0.873. The minimum absolute atomic E-state index is 0.864. The van der Waals surface area contributed by atoms with Crippen LogP contribution in [0.3, 0.4) is 0 Å². The summed E-state index contributed by atoms with van der Waals surface area (Å²) in [6.45, 7) is 0. The Kier molecular flexibility index (Phi) is 7.04. The third kappa shape index (κ3) is 4.82. The number of pyridine rings is 2. The number of benzene rings is 7. The van der Waals surface area contributed by atoms with E-state index in [9.17, 15) is 0 Å². The van der Waals surface area contributed by atoms with Crippen LogP contribution in [-0.4, -0.2) is 23.7 Å². The third-order valence-electron chi connectivity index (χ3n) is 12.5. The summed E-state index contributed by atoms with van der Waals surface area (Å²) in [6, 6.07) is 59.4. The maximum atomic E-state index is 6.65. The van der Waals surface area contributed by atoms with Crippen LogP contribution in [0.1, 0.15) is 11.1 Å². The summed E-state index contributed by atoms with van der Waals surface area (Å²) in [5.74, 6) is 0. The molecule has 6 nitrogen and oxygen atoms in total. The number of aryl methyl sites for hydroxylation is 2. The van der Waals surface area contributed by atoms with E-state index in [4.69, 9.17) is 4.42 Å². The van der Waals surface area contributed by atoms with Gasteiger partial charge < -0.3 is 18.1 Å². The number of rotatable bonds is 6. The molecule has 0 atom stereocenters. The molecule has 0 aliphatic heterocycles. The SMILES string of the molecule is c1ccc(-n2c3ccccc3c3cc(-n4c5ccccc5c5cc(CCc6cccc7c6oc6ccc(-n8c9ccncc9c9cnccc98)cc67)ccc54)ccc32)cc1. The van der Waals surface area contributed by atoms with Gasteiger partial charge in [-0.25, -0.2) is 0 Å². The molecule has 7 aromatic carbocycles. The quantitative estimate of drug-likeness (QED) is 0.169. The van der Waals surface area contributed by atoms with Crippen molar-refractivity contribution in [3.05, 3.63) is 200 Å². The molecule has 282 valence electrons. The number of nitrogens with zero attached hydrogens (tertiary/aromatic N) is 5. The molecule has 60 heavy (non-hydrogen) atoms. The van der Waals surface area contributed by atoms with E-state index in [0.29, 0.717) is 0 Å². The van der Waals surface area contributed by atoms with Crippen molar-refractivity contribution in [1.29, 1.82) is 0 Å². The van der Waals surface area contributed by atoms with Crippen molar-refractivity contribution in [2.24, 2.45) is 0 Å². The van der Waals surface area contributed by atoms with E-state index >= 15 is 0 Å². The molecule has 13 rings (SSSR count). The van der Waals surface area contributed by atoms with Crippen LogP contribution in [-0.2, 0) is 12.8 Å². The normalized spacial score (nSPS) is 12.1. The van der Waals surface area contributed by atoms with Gasteiger partial charge in [-0.05, 0) is 109 Å².